The molecule has 0 saturated heterocycles. The van der Waals surface area contributed by atoms with Crippen LogP contribution in [0.25, 0.3) is 0 Å². The van der Waals surface area contributed by atoms with Crippen LogP contribution in [-0.2, 0) is 10.0 Å². The van der Waals surface area contributed by atoms with E-state index in [-0.39, 0.29) is 5.75 Å². The van der Waals surface area contributed by atoms with Gasteiger partial charge in [0, 0.05) is 0 Å². The summed E-state index contributed by atoms with van der Waals surface area (Å²) in [5.74, 6) is 0.142. The molecule has 0 saturated carbocycles. The lowest BCUT2D eigenvalue weighted by Gasteiger charge is -2.01. The number of primary sulfonamides is 1. The highest BCUT2D eigenvalue weighted by Gasteiger charge is 2.01. The number of sulfonamides is 1. The maximum atomic E-state index is 10.6. The number of unbranched alkanes of at least 4 members (excludes halogenated alkanes) is 9. The zero-order chi connectivity index (χ0) is 12.3. The van der Waals surface area contributed by atoms with Crippen molar-refractivity contribution in [1.82, 2.24) is 0 Å². The van der Waals surface area contributed by atoms with Gasteiger partial charge in [0.05, 0.1) is 5.75 Å². The SMILES string of the molecule is CCCCCCCCCCCCS(N)(=O)=O. The average molecular weight is 249 g/mol. The fraction of sp³-hybridized carbons (Fsp3) is 1.00. The van der Waals surface area contributed by atoms with E-state index in [4.69, 9.17) is 5.14 Å². The normalized spacial score (nSPS) is 11.9. The Balaban J connectivity index is 3.05. The number of hydrogen-bond acceptors (Lipinski definition) is 2. The van der Waals surface area contributed by atoms with Crippen molar-refractivity contribution in [3.8, 4) is 0 Å². The number of hydrogen-bond donors (Lipinski definition) is 1. The van der Waals surface area contributed by atoms with Crippen molar-refractivity contribution in [2.45, 2.75) is 71.1 Å². The van der Waals surface area contributed by atoms with Crippen LogP contribution in [0.1, 0.15) is 71.1 Å². The van der Waals surface area contributed by atoms with E-state index in [9.17, 15) is 8.42 Å². The predicted octanol–water partition coefficient (Wildman–Crippen LogP) is 3.20. The van der Waals surface area contributed by atoms with Gasteiger partial charge in [0.1, 0.15) is 0 Å². The van der Waals surface area contributed by atoms with Crippen molar-refractivity contribution in [2.75, 3.05) is 5.75 Å². The van der Waals surface area contributed by atoms with Crippen LogP contribution in [0.15, 0.2) is 0 Å². The molecule has 0 rings (SSSR count). The van der Waals surface area contributed by atoms with Crippen LogP contribution >= 0.6 is 0 Å². The van der Waals surface area contributed by atoms with Crippen LogP contribution in [0.5, 0.6) is 0 Å². The van der Waals surface area contributed by atoms with E-state index in [1.54, 1.807) is 0 Å². The molecule has 0 aromatic carbocycles. The Hall–Kier alpha value is -0.0900. The van der Waals surface area contributed by atoms with Crippen LogP contribution < -0.4 is 5.14 Å². The highest BCUT2D eigenvalue weighted by Crippen LogP contribution is 2.10. The molecule has 0 amide bonds. The summed E-state index contributed by atoms with van der Waals surface area (Å²) in [7, 11) is -3.23. The van der Waals surface area contributed by atoms with Crippen molar-refractivity contribution < 1.29 is 8.42 Å². The minimum absolute atomic E-state index is 0.142. The summed E-state index contributed by atoms with van der Waals surface area (Å²) in [5, 5.41) is 4.92. The molecule has 0 aliphatic heterocycles. The van der Waals surface area contributed by atoms with E-state index in [1.165, 1.54) is 44.9 Å². The maximum Gasteiger partial charge on any atom is 0.209 e. The van der Waals surface area contributed by atoms with E-state index in [2.05, 4.69) is 6.92 Å². The zero-order valence-corrected chi connectivity index (χ0v) is 11.4. The second-order valence-electron chi connectivity index (χ2n) is 4.55. The van der Waals surface area contributed by atoms with Crippen molar-refractivity contribution >= 4 is 10.0 Å². The largest absolute Gasteiger partial charge is 0.229 e. The Kier molecular flexibility index (Phi) is 10.0. The molecule has 2 N–H and O–H groups in total. The molecular formula is C12H27NO2S. The smallest absolute Gasteiger partial charge is 0.209 e. The lowest BCUT2D eigenvalue weighted by molar-refractivity contribution is 0.558. The predicted molar refractivity (Wildman–Crippen MR) is 69.8 cm³/mol. The van der Waals surface area contributed by atoms with Crippen molar-refractivity contribution in [1.29, 1.82) is 0 Å². The van der Waals surface area contributed by atoms with E-state index >= 15 is 0 Å². The van der Waals surface area contributed by atoms with Crippen molar-refractivity contribution in [3.63, 3.8) is 0 Å². The van der Waals surface area contributed by atoms with Gasteiger partial charge in [-0.2, -0.15) is 0 Å². The summed E-state index contributed by atoms with van der Waals surface area (Å²) in [6.07, 6.45) is 12.1. The van der Waals surface area contributed by atoms with Gasteiger partial charge in [0.15, 0.2) is 0 Å². The summed E-state index contributed by atoms with van der Waals surface area (Å²) in [6.45, 7) is 2.23. The van der Waals surface area contributed by atoms with E-state index < -0.39 is 10.0 Å². The first-order valence-electron chi connectivity index (χ1n) is 6.56. The molecule has 0 bridgehead atoms. The summed E-state index contributed by atoms with van der Waals surface area (Å²) < 4.78 is 21.3. The van der Waals surface area contributed by atoms with Crippen LogP contribution in [0, 0.1) is 0 Å². The first kappa shape index (κ1) is 15.9. The Bertz CT molecular complexity index is 237. The molecule has 0 fully saturated rings. The van der Waals surface area contributed by atoms with E-state index in [0.717, 1.165) is 12.8 Å². The summed E-state index contributed by atoms with van der Waals surface area (Å²) >= 11 is 0. The van der Waals surface area contributed by atoms with Gasteiger partial charge in [-0.1, -0.05) is 64.7 Å². The molecule has 3 nitrogen and oxygen atoms in total. The molecule has 4 heteroatoms. The van der Waals surface area contributed by atoms with Crippen molar-refractivity contribution in [2.24, 2.45) is 5.14 Å². The first-order valence-corrected chi connectivity index (χ1v) is 8.28. The third kappa shape index (κ3) is 13.9. The Labute approximate surface area is 101 Å². The van der Waals surface area contributed by atoms with Gasteiger partial charge in [-0.05, 0) is 6.42 Å². The first-order chi connectivity index (χ1) is 7.56. The highest BCUT2D eigenvalue weighted by molar-refractivity contribution is 7.89. The van der Waals surface area contributed by atoms with Crippen molar-refractivity contribution in [3.05, 3.63) is 0 Å². The Morgan fingerprint density at radius 1 is 0.750 bits per heavy atom. The van der Waals surface area contributed by atoms with Gasteiger partial charge in [0.25, 0.3) is 0 Å². The third-order valence-corrected chi connectivity index (χ3v) is 3.64. The quantitative estimate of drug-likeness (QED) is 0.572. The van der Waals surface area contributed by atoms with Gasteiger partial charge >= 0.3 is 0 Å². The topological polar surface area (TPSA) is 60.2 Å². The molecule has 0 aromatic rings. The summed E-state index contributed by atoms with van der Waals surface area (Å²) in [5.41, 5.74) is 0. The van der Waals surface area contributed by atoms with Gasteiger partial charge in [-0.15, -0.1) is 0 Å². The van der Waals surface area contributed by atoms with Crippen LogP contribution in [-0.4, -0.2) is 14.2 Å². The second kappa shape index (κ2) is 10.1. The fourth-order valence-corrected chi connectivity index (χ4v) is 2.40. The van der Waals surface area contributed by atoms with E-state index in [0.29, 0.717) is 6.42 Å². The lowest BCUT2D eigenvalue weighted by Crippen LogP contribution is -2.16. The zero-order valence-electron chi connectivity index (χ0n) is 10.6. The van der Waals surface area contributed by atoms with Gasteiger partial charge in [-0.3, -0.25) is 0 Å². The molecular weight excluding hydrogens is 222 g/mol. The maximum absolute atomic E-state index is 10.6. The third-order valence-electron chi connectivity index (χ3n) is 2.78. The molecule has 0 spiro atoms. The van der Waals surface area contributed by atoms with Crippen LogP contribution in [0.2, 0.25) is 0 Å². The monoisotopic (exact) mass is 249 g/mol. The molecule has 0 unspecified atom stereocenters. The average Bonchev–Trinajstić information content (AvgIpc) is 2.19. The second-order valence-corrected chi connectivity index (χ2v) is 6.28. The van der Waals surface area contributed by atoms with E-state index in [1.807, 2.05) is 0 Å². The molecule has 0 heterocycles. The summed E-state index contributed by atoms with van der Waals surface area (Å²) in [6, 6.07) is 0. The highest BCUT2D eigenvalue weighted by atomic mass is 32.2. The van der Waals surface area contributed by atoms with Gasteiger partial charge in [0.2, 0.25) is 10.0 Å². The van der Waals surface area contributed by atoms with Gasteiger partial charge in [-0.25, -0.2) is 13.6 Å². The minimum Gasteiger partial charge on any atom is -0.229 e. The lowest BCUT2D eigenvalue weighted by atomic mass is 10.1. The molecule has 0 radical (unpaired) electrons. The molecule has 0 aliphatic rings. The molecule has 98 valence electrons. The summed E-state index contributed by atoms with van der Waals surface area (Å²) in [4.78, 5) is 0. The molecule has 16 heavy (non-hydrogen) atoms. The van der Waals surface area contributed by atoms with Crippen LogP contribution in [0.4, 0.5) is 0 Å². The fourth-order valence-electron chi connectivity index (χ4n) is 1.79. The number of nitrogens with two attached hydrogens (primary N) is 1. The van der Waals surface area contributed by atoms with Crippen LogP contribution in [0.3, 0.4) is 0 Å². The number of rotatable bonds is 11. The minimum atomic E-state index is -3.23. The van der Waals surface area contributed by atoms with Gasteiger partial charge < -0.3 is 0 Å². The Morgan fingerprint density at radius 2 is 1.12 bits per heavy atom. The molecule has 0 atom stereocenters. The molecule has 0 aromatic heterocycles. The standard InChI is InChI=1S/C12H27NO2S/c1-2-3-4-5-6-7-8-9-10-11-12-16(13,14)15/h2-12H2,1H3,(H2,13,14,15). The molecule has 0 aliphatic carbocycles. The Morgan fingerprint density at radius 3 is 1.50 bits per heavy atom.